The minimum absolute atomic E-state index is 0.0259. The lowest BCUT2D eigenvalue weighted by molar-refractivity contribution is 0.0691. The fraction of sp³-hybridized carbons (Fsp3) is 0. The van der Waals surface area contributed by atoms with Crippen LogP contribution < -0.4 is 0 Å². The number of benzene rings is 2. The molecule has 0 aromatic heterocycles. The smallest absolute Gasteiger partial charge is 0.338 e. The number of rotatable bonds is 3. The first-order valence-corrected chi connectivity index (χ1v) is 6.74. The maximum Gasteiger partial charge on any atom is 0.338 e. The summed E-state index contributed by atoms with van der Waals surface area (Å²) in [4.78, 5) is 10.6. The second-order valence-corrected chi connectivity index (χ2v) is 5.71. The van der Waals surface area contributed by atoms with Gasteiger partial charge >= 0.3 is 5.97 Å². The van der Waals surface area contributed by atoms with Crippen LogP contribution in [0.15, 0.2) is 58.3 Å². The van der Waals surface area contributed by atoms with Crippen LogP contribution in [-0.4, -0.2) is 19.5 Å². The van der Waals surface area contributed by atoms with Gasteiger partial charge in [-0.1, -0.05) is 18.2 Å². The second-order valence-electron chi connectivity index (χ2n) is 3.76. The molecule has 0 radical (unpaired) electrons. The van der Waals surface area contributed by atoms with Gasteiger partial charge in [0.05, 0.1) is 15.4 Å². The van der Waals surface area contributed by atoms with Crippen LogP contribution in [0.1, 0.15) is 10.4 Å². The topological polar surface area (TPSA) is 71.4 Å². The Kier molecular flexibility index (Phi) is 3.35. The summed E-state index contributed by atoms with van der Waals surface area (Å²) in [5, 5.41) is 8.79. The Labute approximate surface area is 109 Å². The van der Waals surface area contributed by atoms with Crippen LogP contribution in [0.5, 0.6) is 0 Å². The summed E-state index contributed by atoms with van der Waals surface area (Å²) in [5.74, 6) is -2.48. The van der Waals surface area contributed by atoms with E-state index in [9.17, 15) is 17.6 Å². The molecule has 2 aromatic carbocycles. The summed E-state index contributed by atoms with van der Waals surface area (Å²) in [6.45, 7) is 0. The lowest BCUT2D eigenvalue weighted by Gasteiger charge is -2.06. The van der Waals surface area contributed by atoms with Crippen LogP contribution in [0.3, 0.4) is 0 Å². The van der Waals surface area contributed by atoms with Gasteiger partial charge in [-0.3, -0.25) is 0 Å². The molecule has 0 spiro atoms. The molecule has 0 heterocycles. The van der Waals surface area contributed by atoms with Crippen LogP contribution in [0.2, 0.25) is 0 Å². The summed E-state index contributed by atoms with van der Waals surface area (Å²) in [7, 11) is -3.84. The molecule has 0 bridgehead atoms. The Morgan fingerprint density at radius 2 is 1.63 bits per heavy atom. The predicted molar refractivity (Wildman–Crippen MR) is 65.3 cm³/mol. The molecule has 0 aliphatic carbocycles. The molecule has 6 heteroatoms. The lowest BCUT2D eigenvalue weighted by Crippen LogP contribution is -2.06. The highest BCUT2D eigenvalue weighted by molar-refractivity contribution is 7.91. The zero-order chi connectivity index (χ0) is 14.0. The van der Waals surface area contributed by atoms with E-state index in [4.69, 9.17) is 5.11 Å². The highest BCUT2D eigenvalue weighted by Crippen LogP contribution is 2.22. The highest BCUT2D eigenvalue weighted by Gasteiger charge is 2.20. The van der Waals surface area contributed by atoms with E-state index >= 15 is 0 Å². The van der Waals surface area contributed by atoms with Crippen molar-refractivity contribution in [2.75, 3.05) is 0 Å². The molecule has 0 amide bonds. The number of halogens is 1. The molecule has 4 nitrogen and oxygen atoms in total. The normalized spacial score (nSPS) is 11.2. The molecule has 0 saturated carbocycles. The SMILES string of the molecule is O=C(O)c1cc(S(=O)(=O)c2ccccc2)ccc1F. The molecule has 0 unspecified atom stereocenters. The van der Waals surface area contributed by atoms with Crippen LogP contribution in [0.25, 0.3) is 0 Å². The Balaban J connectivity index is 2.60. The molecule has 0 fully saturated rings. The third kappa shape index (κ3) is 2.48. The first kappa shape index (κ1) is 13.2. The van der Waals surface area contributed by atoms with Crippen molar-refractivity contribution >= 4 is 15.8 Å². The van der Waals surface area contributed by atoms with Crippen molar-refractivity contribution in [3.63, 3.8) is 0 Å². The fourth-order valence-electron chi connectivity index (χ4n) is 1.57. The van der Waals surface area contributed by atoms with Gasteiger partial charge in [-0.05, 0) is 30.3 Å². The zero-order valence-corrected chi connectivity index (χ0v) is 10.4. The number of carbonyl (C=O) groups is 1. The van der Waals surface area contributed by atoms with Crippen molar-refractivity contribution in [3.05, 3.63) is 59.9 Å². The third-order valence-corrected chi connectivity index (χ3v) is 4.30. The quantitative estimate of drug-likeness (QED) is 0.876. The van der Waals surface area contributed by atoms with E-state index in [1.54, 1.807) is 18.2 Å². The van der Waals surface area contributed by atoms with Gasteiger partial charge in [-0.15, -0.1) is 0 Å². The van der Waals surface area contributed by atoms with Gasteiger partial charge in [-0.2, -0.15) is 0 Å². The van der Waals surface area contributed by atoms with E-state index in [2.05, 4.69) is 0 Å². The van der Waals surface area contributed by atoms with E-state index in [1.165, 1.54) is 12.1 Å². The number of hydrogen-bond acceptors (Lipinski definition) is 3. The molecule has 0 saturated heterocycles. The Hall–Kier alpha value is -2.21. The van der Waals surface area contributed by atoms with Gasteiger partial charge in [0.2, 0.25) is 9.84 Å². The first-order chi connectivity index (χ1) is 8.93. The van der Waals surface area contributed by atoms with E-state index in [-0.39, 0.29) is 9.79 Å². The molecule has 0 aliphatic rings. The van der Waals surface area contributed by atoms with E-state index in [1.807, 2.05) is 0 Å². The predicted octanol–water partition coefficient (Wildman–Crippen LogP) is 2.36. The Morgan fingerprint density at radius 3 is 2.21 bits per heavy atom. The van der Waals surface area contributed by atoms with Crippen LogP contribution in [0.4, 0.5) is 4.39 Å². The first-order valence-electron chi connectivity index (χ1n) is 5.26. The molecule has 2 aromatic rings. The minimum atomic E-state index is -3.84. The number of aromatic carboxylic acids is 1. The Bertz CT molecular complexity index is 724. The van der Waals surface area contributed by atoms with Gasteiger partial charge in [-0.25, -0.2) is 17.6 Å². The number of sulfone groups is 1. The number of hydrogen-bond donors (Lipinski definition) is 1. The van der Waals surface area contributed by atoms with E-state index < -0.39 is 27.2 Å². The third-order valence-electron chi connectivity index (χ3n) is 2.53. The van der Waals surface area contributed by atoms with E-state index in [0.717, 1.165) is 18.2 Å². The van der Waals surface area contributed by atoms with Crippen LogP contribution in [0, 0.1) is 5.82 Å². The highest BCUT2D eigenvalue weighted by atomic mass is 32.2. The average molecular weight is 280 g/mol. The van der Waals surface area contributed by atoms with Gasteiger partial charge < -0.3 is 5.11 Å². The fourth-order valence-corrected chi connectivity index (χ4v) is 2.88. The average Bonchev–Trinajstić information content (AvgIpc) is 2.39. The molecule has 1 N–H and O–H groups in total. The van der Waals surface area contributed by atoms with E-state index in [0.29, 0.717) is 0 Å². The monoisotopic (exact) mass is 280 g/mol. The summed E-state index contributed by atoms with van der Waals surface area (Å²) < 4.78 is 37.6. The largest absolute Gasteiger partial charge is 0.478 e. The second kappa shape index (κ2) is 4.81. The maximum absolute atomic E-state index is 13.2. The molecule has 98 valence electrons. The van der Waals surface area contributed by atoms with Gasteiger partial charge in [0.15, 0.2) is 0 Å². The number of carboxylic acid groups (broad SMARTS) is 1. The minimum Gasteiger partial charge on any atom is -0.478 e. The standard InChI is InChI=1S/C13H9FO4S/c14-12-7-6-10(8-11(12)13(15)16)19(17,18)9-4-2-1-3-5-9/h1-8H,(H,15,16). The van der Waals surface area contributed by atoms with Crippen molar-refractivity contribution in [2.45, 2.75) is 9.79 Å². The molecule has 0 aliphatic heterocycles. The summed E-state index contributed by atoms with van der Waals surface area (Å²) >= 11 is 0. The lowest BCUT2D eigenvalue weighted by atomic mass is 10.2. The molecule has 0 atom stereocenters. The molecule has 19 heavy (non-hydrogen) atoms. The van der Waals surface area contributed by atoms with Crippen molar-refractivity contribution < 1.29 is 22.7 Å². The van der Waals surface area contributed by atoms with Gasteiger partial charge in [0.1, 0.15) is 5.82 Å². The number of carboxylic acids is 1. The maximum atomic E-state index is 13.2. The summed E-state index contributed by atoms with van der Waals surface area (Å²) in [6, 6.07) is 10.2. The van der Waals surface area contributed by atoms with Gasteiger partial charge in [0.25, 0.3) is 0 Å². The van der Waals surface area contributed by atoms with Crippen molar-refractivity contribution in [1.29, 1.82) is 0 Å². The van der Waals surface area contributed by atoms with Crippen LogP contribution in [-0.2, 0) is 9.84 Å². The molecular weight excluding hydrogens is 271 g/mol. The van der Waals surface area contributed by atoms with Gasteiger partial charge in [0, 0.05) is 0 Å². The summed E-state index contributed by atoms with van der Waals surface area (Å²) in [5.41, 5.74) is -0.669. The van der Waals surface area contributed by atoms with Crippen molar-refractivity contribution in [3.8, 4) is 0 Å². The zero-order valence-electron chi connectivity index (χ0n) is 9.58. The summed E-state index contributed by atoms with van der Waals surface area (Å²) in [6.07, 6.45) is 0. The van der Waals surface area contributed by atoms with Crippen molar-refractivity contribution in [2.24, 2.45) is 0 Å². The van der Waals surface area contributed by atoms with Crippen LogP contribution >= 0.6 is 0 Å². The van der Waals surface area contributed by atoms with Crippen molar-refractivity contribution in [1.82, 2.24) is 0 Å². The molecular formula is C13H9FO4S. The molecule has 2 rings (SSSR count). The Morgan fingerprint density at radius 1 is 1.00 bits per heavy atom.